The monoisotopic (exact) mass is 655 g/mol. The van der Waals surface area contributed by atoms with Gasteiger partial charge < -0.3 is 15.3 Å². The summed E-state index contributed by atoms with van der Waals surface area (Å²) in [6, 6.07) is 21.3. The van der Waals surface area contributed by atoms with Gasteiger partial charge in [-0.3, -0.25) is 9.69 Å². The first-order valence-corrected chi connectivity index (χ1v) is 18.1. The Hall–Kier alpha value is -2.57. The molecule has 2 aromatic rings. The number of carbonyl (C=O) groups is 2. The minimum atomic E-state index is -0.972. The van der Waals surface area contributed by atoms with E-state index in [1.54, 1.807) is 0 Å². The van der Waals surface area contributed by atoms with Gasteiger partial charge in [-0.15, -0.1) is 12.4 Å². The Morgan fingerprint density at radius 1 is 0.630 bits per heavy atom. The zero-order chi connectivity index (χ0) is 31.8. The third kappa shape index (κ3) is 18.5. The van der Waals surface area contributed by atoms with Gasteiger partial charge in [0.05, 0.1) is 0 Å². The predicted octanol–water partition coefficient (Wildman–Crippen LogP) is 9.51. The molecule has 7 heteroatoms. The Morgan fingerprint density at radius 3 is 1.63 bits per heavy atom. The minimum absolute atomic E-state index is 0. The molecule has 2 N–H and O–H groups in total. The smallest absolute Gasteiger partial charge is 0.404 e. The van der Waals surface area contributed by atoms with Crippen LogP contribution in [0.25, 0.3) is 0 Å². The van der Waals surface area contributed by atoms with E-state index in [0.717, 1.165) is 52.0 Å². The normalized spacial score (nSPS) is 14.0. The highest BCUT2D eigenvalue weighted by atomic mass is 35.5. The Balaban J connectivity index is 0.00000736. The number of nitrogens with one attached hydrogen (secondary N) is 1. The summed E-state index contributed by atoms with van der Waals surface area (Å²) in [4.78, 5) is 28.5. The highest BCUT2D eigenvalue weighted by Gasteiger charge is 2.22. The van der Waals surface area contributed by atoms with Crippen molar-refractivity contribution in [3.8, 4) is 0 Å². The lowest BCUT2D eigenvalue weighted by Gasteiger charge is -2.35. The lowest BCUT2D eigenvalue weighted by Crippen LogP contribution is -2.48. The SMILES string of the molecule is Cl.O=C(O)NCC(CCCCCCCCCCCCCCCCc1ccccc1)CCC(=O)N1CCN(Cc2ccccc2)CC1. The summed E-state index contributed by atoms with van der Waals surface area (Å²) in [6.07, 6.45) is 21.0. The van der Waals surface area contributed by atoms with Crippen LogP contribution in [0.3, 0.4) is 0 Å². The topological polar surface area (TPSA) is 72.9 Å². The molecule has 2 amide bonds. The Kier molecular flexibility index (Phi) is 22.0. The molecule has 1 saturated heterocycles. The maximum Gasteiger partial charge on any atom is 0.404 e. The van der Waals surface area contributed by atoms with E-state index in [9.17, 15) is 9.59 Å². The Bertz CT molecular complexity index is 1030. The number of carbonyl (C=O) groups excluding carboxylic acids is 1. The number of rotatable bonds is 24. The zero-order valence-corrected chi connectivity index (χ0v) is 29.2. The van der Waals surface area contributed by atoms with E-state index >= 15 is 0 Å². The second-order valence-corrected chi connectivity index (χ2v) is 13.2. The number of piperazine rings is 1. The number of benzene rings is 2. The molecular weight excluding hydrogens is 594 g/mol. The average Bonchev–Trinajstić information content (AvgIpc) is 3.06. The Labute approximate surface area is 286 Å². The molecule has 2 aromatic carbocycles. The maximum atomic E-state index is 12.9. The van der Waals surface area contributed by atoms with E-state index in [0.29, 0.717) is 13.0 Å². The molecule has 3 rings (SSSR count). The van der Waals surface area contributed by atoms with E-state index in [2.05, 4.69) is 64.8 Å². The largest absolute Gasteiger partial charge is 0.465 e. The van der Waals surface area contributed by atoms with Crippen LogP contribution in [-0.4, -0.2) is 59.6 Å². The molecule has 0 saturated carbocycles. The summed E-state index contributed by atoms with van der Waals surface area (Å²) in [7, 11) is 0. The molecule has 1 unspecified atom stereocenters. The molecule has 0 bridgehead atoms. The molecule has 0 radical (unpaired) electrons. The number of aryl methyl sites for hydroxylation is 1. The first-order valence-electron chi connectivity index (χ1n) is 18.1. The second-order valence-electron chi connectivity index (χ2n) is 13.2. The second kappa shape index (κ2) is 25.5. The number of nitrogens with zero attached hydrogens (tertiary/aromatic N) is 2. The van der Waals surface area contributed by atoms with E-state index in [-0.39, 0.29) is 24.2 Å². The van der Waals surface area contributed by atoms with Gasteiger partial charge >= 0.3 is 6.09 Å². The van der Waals surface area contributed by atoms with E-state index in [1.165, 1.54) is 101 Å². The van der Waals surface area contributed by atoms with Gasteiger partial charge in [0.15, 0.2) is 0 Å². The lowest BCUT2D eigenvalue weighted by atomic mass is 9.95. The molecule has 258 valence electrons. The third-order valence-corrected chi connectivity index (χ3v) is 9.45. The first kappa shape index (κ1) is 39.6. The summed E-state index contributed by atoms with van der Waals surface area (Å²) in [5.74, 6) is 0.446. The molecule has 0 spiro atoms. The third-order valence-electron chi connectivity index (χ3n) is 9.45. The van der Waals surface area contributed by atoms with Crippen molar-refractivity contribution in [3.63, 3.8) is 0 Å². The van der Waals surface area contributed by atoms with Gasteiger partial charge in [0.2, 0.25) is 5.91 Å². The van der Waals surface area contributed by atoms with Gasteiger partial charge in [0.25, 0.3) is 0 Å². The molecular formula is C39H62ClN3O3. The molecule has 1 atom stereocenters. The van der Waals surface area contributed by atoms with Crippen LogP contribution in [0.4, 0.5) is 4.79 Å². The fourth-order valence-electron chi connectivity index (χ4n) is 6.59. The number of hydrogen-bond donors (Lipinski definition) is 2. The van der Waals surface area contributed by atoms with Crippen molar-refractivity contribution in [3.05, 3.63) is 71.8 Å². The number of hydrogen-bond acceptors (Lipinski definition) is 3. The van der Waals surface area contributed by atoms with Crippen molar-refractivity contribution in [1.82, 2.24) is 15.1 Å². The number of halogens is 1. The zero-order valence-electron chi connectivity index (χ0n) is 28.4. The van der Waals surface area contributed by atoms with Crippen LogP contribution in [-0.2, 0) is 17.8 Å². The highest BCUT2D eigenvalue weighted by Crippen LogP contribution is 2.19. The van der Waals surface area contributed by atoms with Gasteiger partial charge in [-0.05, 0) is 42.7 Å². The van der Waals surface area contributed by atoms with E-state index < -0.39 is 6.09 Å². The van der Waals surface area contributed by atoms with Gasteiger partial charge in [-0.1, -0.05) is 144 Å². The first-order chi connectivity index (χ1) is 22.1. The summed E-state index contributed by atoms with van der Waals surface area (Å²) in [5, 5.41) is 11.7. The van der Waals surface area contributed by atoms with Gasteiger partial charge in [0, 0.05) is 45.7 Å². The van der Waals surface area contributed by atoms with Crippen LogP contribution < -0.4 is 5.32 Å². The fourth-order valence-corrected chi connectivity index (χ4v) is 6.59. The molecule has 46 heavy (non-hydrogen) atoms. The summed E-state index contributed by atoms with van der Waals surface area (Å²) in [6.45, 7) is 4.74. The van der Waals surface area contributed by atoms with Crippen LogP contribution >= 0.6 is 12.4 Å². The minimum Gasteiger partial charge on any atom is -0.465 e. The average molecular weight is 656 g/mol. The van der Waals surface area contributed by atoms with Gasteiger partial charge in [0.1, 0.15) is 0 Å². The quantitative estimate of drug-likeness (QED) is 0.111. The van der Waals surface area contributed by atoms with Gasteiger partial charge in [-0.2, -0.15) is 0 Å². The summed E-state index contributed by atoms with van der Waals surface area (Å²) in [5.41, 5.74) is 2.78. The summed E-state index contributed by atoms with van der Waals surface area (Å²) >= 11 is 0. The van der Waals surface area contributed by atoms with E-state index in [1.807, 2.05) is 11.0 Å². The molecule has 1 aliphatic heterocycles. The lowest BCUT2D eigenvalue weighted by molar-refractivity contribution is -0.133. The standard InChI is InChI=1S/C39H61N3O3.ClH/c43-38(42-31-29-41(30-32-42)34-37-25-19-14-20-26-37)28-27-36(33-40-39(44)45)24-16-12-10-8-6-4-2-1-3-5-7-9-11-15-21-35-22-17-13-18-23-35;/h13-14,17-20,22-23,25-26,36,40H,1-12,15-16,21,24,27-34H2,(H,44,45);1H. The van der Waals surface area contributed by atoms with Crippen molar-refractivity contribution in [2.24, 2.45) is 5.92 Å². The number of carboxylic acid groups (broad SMARTS) is 1. The molecule has 0 aromatic heterocycles. The van der Waals surface area contributed by atoms with Crippen LogP contribution in [0, 0.1) is 5.92 Å². The molecule has 1 heterocycles. The Morgan fingerprint density at radius 2 is 1.11 bits per heavy atom. The van der Waals surface area contributed by atoms with Crippen molar-refractivity contribution in [1.29, 1.82) is 0 Å². The van der Waals surface area contributed by atoms with Gasteiger partial charge in [-0.25, -0.2) is 4.79 Å². The van der Waals surface area contributed by atoms with Crippen LogP contribution in [0.5, 0.6) is 0 Å². The molecule has 0 aliphatic carbocycles. The van der Waals surface area contributed by atoms with Crippen LogP contribution in [0.1, 0.15) is 120 Å². The molecule has 6 nitrogen and oxygen atoms in total. The number of unbranched alkanes of at least 4 members (excludes halogenated alkanes) is 13. The van der Waals surface area contributed by atoms with Crippen molar-refractivity contribution < 1.29 is 14.7 Å². The fraction of sp³-hybridized carbons (Fsp3) is 0.641. The number of amides is 2. The van der Waals surface area contributed by atoms with Crippen molar-refractivity contribution in [2.75, 3.05) is 32.7 Å². The van der Waals surface area contributed by atoms with Crippen LogP contribution in [0.2, 0.25) is 0 Å². The summed E-state index contributed by atoms with van der Waals surface area (Å²) < 4.78 is 0. The van der Waals surface area contributed by atoms with Crippen LogP contribution in [0.15, 0.2) is 60.7 Å². The maximum absolute atomic E-state index is 12.9. The molecule has 1 aliphatic rings. The highest BCUT2D eigenvalue weighted by molar-refractivity contribution is 5.85. The van der Waals surface area contributed by atoms with E-state index in [4.69, 9.17) is 5.11 Å². The van der Waals surface area contributed by atoms with Crippen molar-refractivity contribution >= 4 is 24.4 Å². The predicted molar refractivity (Wildman–Crippen MR) is 194 cm³/mol. The van der Waals surface area contributed by atoms with Crippen molar-refractivity contribution in [2.45, 2.75) is 122 Å². The molecule has 1 fully saturated rings.